The molecule has 0 spiro atoms. The zero-order valence-corrected chi connectivity index (χ0v) is 12.0. The van der Waals surface area contributed by atoms with Gasteiger partial charge in [0.15, 0.2) is 11.3 Å². The smallest absolute Gasteiger partial charge is 0.187 e. The van der Waals surface area contributed by atoms with E-state index in [1.54, 1.807) is 4.52 Å². The van der Waals surface area contributed by atoms with Crippen LogP contribution in [0.2, 0.25) is 0 Å². The second kappa shape index (κ2) is 5.19. The Morgan fingerprint density at radius 1 is 1.30 bits per heavy atom. The predicted octanol–water partition coefficient (Wildman–Crippen LogP) is 2.99. The van der Waals surface area contributed by atoms with Crippen molar-refractivity contribution in [2.75, 3.05) is 18.0 Å². The lowest BCUT2D eigenvalue weighted by molar-refractivity contribution is 0.573. The molecule has 1 aliphatic rings. The summed E-state index contributed by atoms with van der Waals surface area (Å²) in [4.78, 5) is 18.0. The predicted molar refractivity (Wildman–Crippen MR) is 78.6 cm³/mol. The standard InChI is InChI=1S/C14H19N5O/c1-3-11-13(17-20)14-15-12(9-10(2)19(14)16-11)18-7-5-4-6-8-18/h9H,3-8H2,1-2H3. The second-order valence-electron chi connectivity index (χ2n) is 5.28. The molecule has 0 atom stereocenters. The molecule has 1 aliphatic heterocycles. The van der Waals surface area contributed by atoms with Crippen LogP contribution in [-0.2, 0) is 6.42 Å². The highest BCUT2D eigenvalue weighted by Gasteiger charge is 2.19. The van der Waals surface area contributed by atoms with Crippen LogP contribution in [0, 0.1) is 11.8 Å². The summed E-state index contributed by atoms with van der Waals surface area (Å²) in [5, 5.41) is 7.57. The molecule has 0 unspecified atom stereocenters. The van der Waals surface area contributed by atoms with E-state index < -0.39 is 0 Å². The summed E-state index contributed by atoms with van der Waals surface area (Å²) in [7, 11) is 0. The van der Waals surface area contributed by atoms with Crippen LogP contribution in [0.4, 0.5) is 11.5 Å². The number of piperidine rings is 1. The molecule has 20 heavy (non-hydrogen) atoms. The summed E-state index contributed by atoms with van der Waals surface area (Å²) < 4.78 is 1.73. The van der Waals surface area contributed by atoms with Gasteiger partial charge in [-0.15, -0.1) is 4.91 Å². The SMILES string of the molecule is CCc1nn2c(C)cc(N3CCCCC3)nc2c1N=O. The molecule has 1 fully saturated rings. The molecular formula is C14H19N5O. The molecule has 3 heterocycles. The van der Waals surface area contributed by atoms with Crippen molar-refractivity contribution < 1.29 is 0 Å². The van der Waals surface area contributed by atoms with E-state index in [2.05, 4.69) is 20.2 Å². The quantitative estimate of drug-likeness (QED) is 0.806. The van der Waals surface area contributed by atoms with Crippen molar-refractivity contribution in [2.45, 2.75) is 39.5 Å². The van der Waals surface area contributed by atoms with E-state index in [9.17, 15) is 4.91 Å². The van der Waals surface area contributed by atoms with Gasteiger partial charge in [-0.05, 0) is 37.8 Å². The first-order valence-electron chi connectivity index (χ1n) is 7.22. The number of anilines is 1. The Balaban J connectivity index is 2.13. The molecule has 0 aliphatic carbocycles. The molecule has 106 valence electrons. The number of aryl methyl sites for hydroxylation is 2. The first-order valence-corrected chi connectivity index (χ1v) is 7.22. The van der Waals surface area contributed by atoms with Gasteiger partial charge in [-0.3, -0.25) is 0 Å². The van der Waals surface area contributed by atoms with Gasteiger partial charge in [0, 0.05) is 24.8 Å². The van der Waals surface area contributed by atoms with Crippen molar-refractivity contribution in [1.29, 1.82) is 0 Å². The van der Waals surface area contributed by atoms with E-state index in [0.717, 1.165) is 24.6 Å². The van der Waals surface area contributed by atoms with Crippen molar-refractivity contribution in [3.8, 4) is 0 Å². The fourth-order valence-corrected chi connectivity index (χ4v) is 2.80. The summed E-state index contributed by atoms with van der Waals surface area (Å²) in [5.74, 6) is 0.933. The number of aromatic nitrogens is 3. The van der Waals surface area contributed by atoms with Crippen LogP contribution in [0.1, 0.15) is 37.6 Å². The minimum atomic E-state index is 0.384. The Morgan fingerprint density at radius 3 is 2.70 bits per heavy atom. The Bertz CT molecular complexity index is 643. The maximum Gasteiger partial charge on any atom is 0.187 e. The molecule has 0 aromatic carbocycles. The number of nitrogens with zero attached hydrogens (tertiary/aromatic N) is 5. The molecule has 0 N–H and O–H groups in total. The summed E-state index contributed by atoms with van der Waals surface area (Å²) in [5.41, 5.74) is 2.67. The zero-order chi connectivity index (χ0) is 14.1. The lowest BCUT2D eigenvalue weighted by Gasteiger charge is -2.27. The van der Waals surface area contributed by atoms with Gasteiger partial charge in [0.2, 0.25) is 0 Å². The Labute approximate surface area is 117 Å². The van der Waals surface area contributed by atoms with Crippen LogP contribution in [0.25, 0.3) is 5.65 Å². The fourth-order valence-electron chi connectivity index (χ4n) is 2.80. The number of fused-ring (bicyclic) bond motifs is 1. The molecule has 3 rings (SSSR count). The highest BCUT2D eigenvalue weighted by atomic mass is 16.3. The van der Waals surface area contributed by atoms with Gasteiger partial charge < -0.3 is 4.90 Å². The van der Waals surface area contributed by atoms with Gasteiger partial charge in [0.1, 0.15) is 5.82 Å². The first-order chi connectivity index (χ1) is 9.74. The number of hydrogen-bond acceptors (Lipinski definition) is 5. The van der Waals surface area contributed by atoms with Gasteiger partial charge in [0.25, 0.3) is 0 Å². The number of hydrogen-bond donors (Lipinski definition) is 0. The molecule has 6 heteroatoms. The summed E-state index contributed by atoms with van der Waals surface area (Å²) in [6.45, 7) is 6.02. The largest absolute Gasteiger partial charge is 0.356 e. The monoisotopic (exact) mass is 273 g/mol. The van der Waals surface area contributed by atoms with Crippen LogP contribution in [-0.4, -0.2) is 27.7 Å². The third-order valence-electron chi connectivity index (χ3n) is 3.91. The third-order valence-corrected chi connectivity index (χ3v) is 3.91. The maximum atomic E-state index is 11.1. The molecule has 6 nitrogen and oxygen atoms in total. The van der Waals surface area contributed by atoms with Crippen LogP contribution >= 0.6 is 0 Å². The van der Waals surface area contributed by atoms with Crippen LogP contribution < -0.4 is 4.90 Å². The van der Waals surface area contributed by atoms with E-state index in [-0.39, 0.29) is 0 Å². The highest BCUT2D eigenvalue weighted by molar-refractivity contribution is 5.69. The summed E-state index contributed by atoms with van der Waals surface area (Å²) in [6.07, 6.45) is 4.36. The molecular weight excluding hydrogens is 254 g/mol. The lowest BCUT2D eigenvalue weighted by atomic mass is 10.1. The topological polar surface area (TPSA) is 62.9 Å². The average Bonchev–Trinajstić information content (AvgIpc) is 2.86. The van der Waals surface area contributed by atoms with Crippen molar-refractivity contribution in [1.82, 2.24) is 14.6 Å². The number of rotatable bonds is 3. The fraction of sp³-hybridized carbons (Fsp3) is 0.571. The Kier molecular flexibility index (Phi) is 3.38. The van der Waals surface area contributed by atoms with Crippen molar-refractivity contribution in [2.24, 2.45) is 5.18 Å². The van der Waals surface area contributed by atoms with Gasteiger partial charge in [-0.2, -0.15) is 5.10 Å². The van der Waals surface area contributed by atoms with E-state index in [1.807, 2.05) is 19.9 Å². The van der Waals surface area contributed by atoms with Crippen LogP contribution in [0.5, 0.6) is 0 Å². The molecule has 2 aromatic rings. The summed E-state index contributed by atoms with van der Waals surface area (Å²) in [6, 6.07) is 2.04. The second-order valence-corrected chi connectivity index (χ2v) is 5.28. The minimum absolute atomic E-state index is 0.384. The first kappa shape index (κ1) is 13.0. The molecule has 0 bridgehead atoms. The van der Waals surface area contributed by atoms with Crippen molar-refractivity contribution in [3.05, 3.63) is 22.4 Å². The molecule has 2 aromatic heterocycles. The van der Waals surface area contributed by atoms with Crippen LogP contribution in [0.3, 0.4) is 0 Å². The Morgan fingerprint density at radius 2 is 2.05 bits per heavy atom. The van der Waals surface area contributed by atoms with Gasteiger partial charge in [-0.1, -0.05) is 6.92 Å². The molecule has 0 amide bonds. The molecule has 0 radical (unpaired) electrons. The summed E-state index contributed by atoms with van der Waals surface area (Å²) >= 11 is 0. The van der Waals surface area contributed by atoms with E-state index in [0.29, 0.717) is 23.4 Å². The van der Waals surface area contributed by atoms with Gasteiger partial charge in [0.05, 0.1) is 5.69 Å². The third kappa shape index (κ3) is 2.05. The highest BCUT2D eigenvalue weighted by Crippen LogP contribution is 2.28. The van der Waals surface area contributed by atoms with Crippen LogP contribution in [0.15, 0.2) is 11.2 Å². The zero-order valence-electron chi connectivity index (χ0n) is 12.0. The van der Waals surface area contributed by atoms with E-state index in [1.165, 1.54) is 19.3 Å². The number of nitroso groups, excluding NO2 is 1. The average molecular weight is 273 g/mol. The van der Waals surface area contributed by atoms with E-state index >= 15 is 0 Å². The van der Waals surface area contributed by atoms with Crippen molar-refractivity contribution >= 4 is 17.2 Å². The molecule has 1 saturated heterocycles. The molecule has 0 saturated carbocycles. The van der Waals surface area contributed by atoms with Gasteiger partial charge in [-0.25, -0.2) is 9.50 Å². The normalized spacial score (nSPS) is 15.8. The maximum absolute atomic E-state index is 11.1. The minimum Gasteiger partial charge on any atom is -0.356 e. The van der Waals surface area contributed by atoms with Crippen molar-refractivity contribution in [3.63, 3.8) is 0 Å². The lowest BCUT2D eigenvalue weighted by Crippen LogP contribution is -2.30. The van der Waals surface area contributed by atoms with E-state index in [4.69, 9.17) is 0 Å². The Hall–Kier alpha value is -1.98. The van der Waals surface area contributed by atoms with Gasteiger partial charge >= 0.3 is 0 Å².